The van der Waals surface area contributed by atoms with Gasteiger partial charge in [0.1, 0.15) is 23.3 Å². The lowest BCUT2D eigenvalue weighted by Crippen LogP contribution is -2.40. The number of hydrogen-bond donors (Lipinski definition) is 0. The van der Waals surface area contributed by atoms with Gasteiger partial charge in [-0.05, 0) is 56.3 Å². The second-order valence-corrected chi connectivity index (χ2v) is 9.72. The minimum atomic E-state index is -0.822. The van der Waals surface area contributed by atoms with Crippen LogP contribution in [0.15, 0.2) is 61.9 Å². The van der Waals surface area contributed by atoms with Crippen molar-refractivity contribution in [1.29, 1.82) is 0 Å². The van der Waals surface area contributed by atoms with E-state index in [-0.39, 0.29) is 17.7 Å². The summed E-state index contributed by atoms with van der Waals surface area (Å²) in [5.41, 5.74) is 1.75. The SMILES string of the molecule is CCOC(=O)C1=C(C)N=c2s/c(=C\c3cc(Br)ccc3OC)c(=O)n2[C@H]1c1cc(OC)ccc1OC. The summed E-state index contributed by atoms with van der Waals surface area (Å²) in [5, 5.41) is 0. The predicted molar refractivity (Wildman–Crippen MR) is 141 cm³/mol. The van der Waals surface area contributed by atoms with Crippen molar-refractivity contribution in [3.05, 3.63) is 83.0 Å². The highest BCUT2D eigenvalue weighted by Gasteiger charge is 2.35. The minimum absolute atomic E-state index is 0.185. The van der Waals surface area contributed by atoms with Crippen LogP contribution in [0.3, 0.4) is 0 Å². The molecule has 8 nitrogen and oxygen atoms in total. The fourth-order valence-electron chi connectivity index (χ4n) is 4.10. The highest BCUT2D eigenvalue weighted by atomic mass is 79.9. The molecule has 0 amide bonds. The predicted octanol–water partition coefficient (Wildman–Crippen LogP) is 3.59. The Bertz CT molecular complexity index is 1540. The average Bonchev–Trinajstić information content (AvgIpc) is 3.17. The van der Waals surface area contributed by atoms with Gasteiger partial charge in [-0.2, -0.15) is 0 Å². The number of fused-ring (bicyclic) bond motifs is 1. The topological polar surface area (TPSA) is 88.4 Å². The van der Waals surface area contributed by atoms with Gasteiger partial charge in [-0.1, -0.05) is 27.3 Å². The molecule has 1 aliphatic rings. The van der Waals surface area contributed by atoms with Gasteiger partial charge in [0.05, 0.1) is 43.7 Å². The van der Waals surface area contributed by atoms with Crippen LogP contribution in [0.25, 0.3) is 6.08 Å². The minimum Gasteiger partial charge on any atom is -0.497 e. The zero-order chi connectivity index (χ0) is 26.0. The number of carbonyl (C=O) groups excluding carboxylic acids is 1. The second-order valence-electron chi connectivity index (χ2n) is 7.80. The quantitative estimate of drug-likeness (QED) is 0.402. The number of esters is 1. The van der Waals surface area contributed by atoms with E-state index >= 15 is 0 Å². The van der Waals surface area contributed by atoms with Crippen molar-refractivity contribution in [3.8, 4) is 17.2 Å². The van der Waals surface area contributed by atoms with Crippen LogP contribution in [0.1, 0.15) is 31.0 Å². The Labute approximate surface area is 220 Å². The number of ether oxygens (including phenoxy) is 4. The van der Waals surface area contributed by atoms with E-state index < -0.39 is 12.0 Å². The summed E-state index contributed by atoms with van der Waals surface area (Å²) in [6.45, 7) is 3.65. The lowest BCUT2D eigenvalue weighted by Gasteiger charge is -2.26. The number of benzene rings is 2. The maximum atomic E-state index is 13.9. The Balaban J connectivity index is 2.03. The van der Waals surface area contributed by atoms with Crippen molar-refractivity contribution < 1.29 is 23.7 Å². The summed E-state index contributed by atoms with van der Waals surface area (Å²) in [5.74, 6) is 1.14. The zero-order valence-electron chi connectivity index (χ0n) is 20.5. The number of thiazole rings is 1. The number of allylic oxidation sites excluding steroid dienone is 1. The molecule has 1 aliphatic heterocycles. The maximum Gasteiger partial charge on any atom is 0.338 e. The van der Waals surface area contributed by atoms with E-state index in [1.807, 2.05) is 18.2 Å². The Morgan fingerprint density at radius 3 is 2.50 bits per heavy atom. The summed E-state index contributed by atoms with van der Waals surface area (Å²) in [4.78, 5) is 32.1. The van der Waals surface area contributed by atoms with Gasteiger partial charge in [-0.15, -0.1) is 0 Å². The van der Waals surface area contributed by atoms with Gasteiger partial charge in [0, 0.05) is 15.6 Å². The molecule has 1 atom stereocenters. The molecule has 0 saturated heterocycles. The Morgan fingerprint density at radius 1 is 1.11 bits per heavy atom. The molecule has 10 heteroatoms. The molecule has 0 spiro atoms. The lowest BCUT2D eigenvalue weighted by atomic mass is 9.94. The highest BCUT2D eigenvalue weighted by molar-refractivity contribution is 9.10. The van der Waals surface area contributed by atoms with Crippen molar-refractivity contribution in [2.75, 3.05) is 27.9 Å². The number of aromatic nitrogens is 1. The zero-order valence-corrected chi connectivity index (χ0v) is 22.9. The molecule has 188 valence electrons. The first-order chi connectivity index (χ1) is 17.3. The van der Waals surface area contributed by atoms with Crippen LogP contribution >= 0.6 is 27.3 Å². The molecule has 0 fully saturated rings. The molecule has 0 unspecified atom stereocenters. The number of methoxy groups -OCH3 is 3. The number of nitrogens with zero attached hydrogens (tertiary/aromatic N) is 2. The van der Waals surface area contributed by atoms with Crippen molar-refractivity contribution in [2.45, 2.75) is 19.9 Å². The molecule has 0 N–H and O–H groups in total. The third-order valence-corrected chi connectivity index (χ3v) is 7.20. The van der Waals surface area contributed by atoms with Crippen LogP contribution in [0.5, 0.6) is 17.2 Å². The van der Waals surface area contributed by atoms with Gasteiger partial charge in [0.2, 0.25) is 0 Å². The molecule has 2 aromatic carbocycles. The van der Waals surface area contributed by atoms with E-state index in [0.29, 0.717) is 37.8 Å². The number of halogens is 1. The molecule has 36 heavy (non-hydrogen) atoms. The van der Waals surface area contributed by atoms with E-state index in [4.69, 9.17) is 18.9 Å². The monoisotopic (exact) mass is 572 g/mol. The van der Waals surface area contributed by atoms with Crippen LogP contribution < -0.4 is 29.1 Å². The summed E-state index contributed by atoms with van der Waals surface area (Å²) >= 11 is 4.71. The van der Waals surface area contributed by atoms with E-state index in [2.05, 4.69) is 20.9 Å². The average molecular weight is 573 g/mol. The lowest BCUT2D eigenvalue weighted by molar-refractivity contribution is -0.139. The maximum absolute atomic E-state index is 13.9. The summed E-state index contributed by atoms with van der Waals surface area (Å²) < 4.78 is 24.7. The summed E-state index contributed by atoms with van der Waals surface area (Å²) in [6.07, 6.45) is 1.76. The molecule has 2 heterocycles. The van der Waals surface area contributed by atoms with Crippen LogP contribution in [0.4, 0.5) is 0 Å². The highest BCUT2D eigenvalue weighted by Crippen LogP contribution is 2.37. The number of hydrogen-bond acceptors (Lipinski definition) is 8. The van der Waals surface area contributed by atoms with Gasteiger partial charge in [-0.3, -0.25) is 9.36 Å². The van der Waals surface area contributed by atoms with E-state index in [0.717, 1.165) is 10.0 Å². The van der Waals surface area contributed by atoms with E-state index in [1.54, 1.807) is 52.3 Å². The largest absolute Gasteiger partial charge is 0.497 e. The smallest absolute Gasteiger partial charge is 0.338 e. The molecule has 1 aromatic heterocycles. The Hall–Kier alpha value is -3.37. The number of carbonyl (C=O) groups is 1. The second kappa shape index (κ2) is 10.7. The van der Waals surface area contributed by atoms with Crippen molar-refractivity contribution in [2.24, 2.45) is 4.99 Å². The third-order valence-electron chi connectivity index (χ3n) is 5.73. The fourth-order valence-corrected chi connectivity index (χ4v) is 5.51. The van der Waals surface area contributed by atoms with E-state index in [9.17, 15) is 9.59 Å². The summed E-state index contributed by atoms with van der Waals surface area (Å²) in [6, 6.07) is 9.99. The van der Waals surface area contributed by atoms with Crippen molar-refractivity contribution in [3.63, 3.8) is 0 Å². The van der Waals surface area contributed by atoms with Crippen molar-refractivity contribution in [1.82, 2.24) is 4.57 Å². The standard InChI is InChI=1S/C26H25BrN2O6S/c1-6-35-25(31)22-14(2)28-26-29(23(22)18-13-17(32-3)8-10-20(18)34-5)24(30)21(36-26)12-15-11-16(27)7-9-19(15)33-4/h7-13,23H,6H2,1-5H3/b21-12-/t23-/m0/s1. The van der Waals surface area contributed by atoms with Gasteiger partial charge in [-0.25, -0.2) is 9.79 Å². The normalized spacial score (nSPS) is 15.3. The fraction of sp³-hybridized carbons (Fsp3) is 0.269. The van der Waals surface area contributed by atoms with Crippen LogP contribution in [0, 0.1) is 0 Å². The molecule has 0 radical (unpaired) electrons. The van der Waals surface area contributed by atoms with Crippen LogP contribution in [-0.4, -0.2) is 38.5 Å². The molecule has 4 rings (SSSR count). The van der Waals surface area contributed by atoms with Crippen molar-refractivity contribution >= 4 is 39.3 Å². The van der Waals surface area contributed by atoms with Gasteiger partial charge in [0.15, 0.2) is 4.80 Å². The molecule has 3 aromatic rings. The number of rotatable bonds is 7. The van der Waals surface area contributed by atoms with E-state index in [1.165, 1.54) is 23.0 Å². The Morgan fingerprint density at radius 2 is 1.83 bits per heavy atom. The van der Waals surface area contributed by atoms with Gasteiger partial charge < -0.3 is 18.9 Å². The first-order valence-corrected chi connectivity index (χ1v) is 12.7. The molecule has 0 bridgehead atoms. The molecule has 0 saturated carbocycles. The first kappa shape index (κ1) is 25.7. The van der Waals surface area contributed by atoms with Crippen LogP contribution in [0.2, 0.25) is 0 Å². The molecular weight excluding hydrogens is 548 g/mol. The Kier molecular flexibility index (Phi) is 7.65. The third kappa shape index (κ3) is 4.70. The first-order valence-electron chi connectivity index (χ1n) is 11.1. The summed E-state index contributed by atoms with van der Waals surface area (Å²) in [7, 11) is 4.66. The van der Waals surface area contributed by atoms with Crippen LogP contribution in [-0.2, 0) is 9.53 Å². The molecular formula is C26H25BrN2O6S. The molecule has 0 aliphatic carbocycles. The van der Waals surface area contributed by atoms with Gasteiger partial charge in [0.25, 0.3) is 5.56 Å². The van der Waals surface area contributed by atoms with Gasteiger partial charge >= 0.3 is 5.97 Å².